The first-order valence-electron chi connectivity index (χ1n) is 8.29. The molecule has 1 atom stereocenters. The number of para-hydroxylation sites is 1. The van der Waals surface area contributed by atoms with Crippen LogP contribution in [0, 0.1) is 5.82 Å². The Morgan fingerprint density at radius 1 is 1.30 bits per heavy atom. The van der Waals surface area contributed by atoms with E-state index >= 15 is 0 Å². The van der Waals surface area contributed by atoms with Crippen LogP contribution < -0.4 is 9.64 Å². The first kappa shape index (κ1) is 17.5. The molecule has 1 unspecified atom stereocenters. The standard InChI is InChI=1S/C19H15ClFN3O3/c1-26-16-5-3-2-4-13(16)19-22-18(23-27-19)11-8-17(25)24(10-11)15-7-6-12(21)9-14(15)20/h2-7,9,11H,8,10H2,1H3. The number of benzene rings is 2. The molecule has 1 aromatic heterocycles. The second kappa shape index (κ2) is 7.00. The van der Waals surface area contributed by atoms with Crippen LogP contribution in [0.4, 0.5) is 10.1 Å². The molecule has 0 saturated carbocycles. The molecule has 1 fully saturated rings. The molecule has 0 aliphatic carbocycles. The first-order valence-corrected chi connectivity index (χ1v) is 8.67. The van der Waals surface area contributed by atoms with E-state index in [1.165, 1.54) is 23.1 Å². The van der Waals surface area contributed by atoms with E-state index in [0.717, 1.165) is 0 Å². The second-order valence-corrected chi connectivity index (χ2v) is 6.57. The van der Waals surface area contributed by atoms with Gasteiger partial charge in [0.1, 0.15) is 11.6 Å². The van der Waals surface area contributed by atoms with Gasteiger partial charge in [0.05, 0.1) is 23.4 Å². The molecule has 2 aromatic carbocycles. The highest BCUT2D eigenvalue weighted by molar-refractivity contribution is 6.33. The third-order valence-electron chi connectivity index (χ3n) is 4.47. The number of anilines is 1. The minimum atomic E-state index is -0.452. The van der Waals surface area contributed by atoms with Crippen LogP contribution in [0.25, 0.3) is 11.5 Å². The summed E-state index contributed by atoms with van der Waals surface area (Å²) in [4.78, 5) is 18.4. The quantitative estimate of drug-likeness (QED) is 0.675. The Morgan fingerprint density at radius 3 is 2.89 bits per heavy atom. The molecule has 1 aliphatic rings. The molecule has 6 nitrogen and oxygen atoms in total. The van der Waals surface area contributed by atoms with E-state index in [9.17, 15) is 9.18 Å². The predicted molar refractivity (Wildman–Crippen MR) is 97.4 cm³/mol. The Kier molecular flexibility index (Phi) is 4.53. The van der Waals surface area contributed by atoms with Crippen molar-refractivity contribution in [2.45, 2.75) is 12.3 Å². The van der Waals surface area contributed by atoms with Gasteiger partial charge in [-0.3, -0.25) is 4.79 Å². The number of amides is 1. The third kappa shape index (κ3) is 3.26. The van der Waals surface area contributed by atoms with E-state index in [0.29, 0.717) is 35.3 Å². The maximum absolute atomic E-state index is 13.3. The normalized spacial score (nSPS) is 16.8. The fourth-order valence-electron chi connectivity index (χ4n) is 3.14. The van der Waals surface area contributed by atoms with E-state index in [1.807, 2.05) is 18.2 Å². The van der Waals surface area contributed by atoms with Gasteiger partial charge >= 0.3 is 0 Å². The lowest BCUT2D eigenvalue weighted by Crippen LogP contribution is -2.24. The summed E-state index contributed by atoms with van der Waals surface area (Å²) in [5.41, 5.74) is 1.15. The number of hydrogen-bond donors (Lipinski definition) is 0. The Hall–Kier alpha value is -2.93. The molecule has 27 heavy (non-hydrogen) atoms. The van der Waals surface area contributed by atoms with E-state index in [2.05, 4.69) is 10.1 Å². The number of carbonyl (C=O) groups excluding carboxylic acids is 1. The molecular weight excluding hydrogens is 373 g/mol. The Bertz CT molecular complexity index is 1010. The first-order chi connectivity index (χ1) is 13.1. The van der Waals surface area contributed by atoms with Crippen LogP contribution in [-0.2, 0) is 4.79 Å². The van der Waals surface area contributed by atoms with Gasteiger partial charge in [-0.15, -0.1) is 0 Å². The van der Waals surface area contributed by atoms with E-state index in [1.54, 1.807) is 13.2 Å². The average molecular weight is 388 g/mol. The van der Waals surface area contributed by atoms with Crippen LogP contribution in [0.5, 0.6) is 5.75 Å². The summed E-state index contributed by atoms with van der Waals surface area (Å²) in [6.45, 7) is 0.342. The van der Waals surface area contributed by atoms with Crippen molar-refractivity contribution in [3.05, 3.63) is 59.1 Å². The molecule has 138 valence electrons. The smallest absolute Gasteiger partial charge is 0.261 e. The maximum atomic E-state index is 13.3. The molecule has 2 heterocycles. The highest BCUT2D eigenvalue weighted by atomic mass is 35.5. The van der Waals surface area contributed by atoms with Gasteiger partial charge in [0.2, 0.25) is 5.91 Å². The van der Waals surface area contributed by atoms with Gasteiger partial charge in [-0.1, -0.05) is 28.9 Å². The molecule has 3 aromatic rings. The SMILES string of the molecule is COc1ccccc1-c1nc(C2CC(=O)N(c3ccc(F)cc3Cl)C2)no1. The van der Waals surface area contributed by atoms with Crippen molar-refractivity contribution in [1.82, 2.24) is 10.1 Å². The Balaban J connectivity index is 1.59. The highest BCUT2D eigenvalue weighted by Crippen LogP contribution is 2.36. The predicted octanol–water partition coefficient (Wildman–Crippen LogP) is 4.06. The topological polar surface area (TPSA) is 68.5 Å². The molecular formula is C19H15ClFN3O3. The number of halogens is 2. The van der Waals surface area contributed by atoms with Crippen molar-refractivity contribution >= 4 is 23.2 Å². The van der Waals surface area contributed by atoms with Gasteiger partial charge in [-0.25, -0.2) is 4.39 Å². The van der Waals surface area contributed by atoms with Crippen LogP contribution in [0.1, 0.15) is 18.2 Å². The van der Waals surface area contributed by atoms with Gasteiger partial charge in [0.25, 0.3) is 5.89 Å². The minimum Gasteiger partial charge on any atom is -0.496 e. The molecule has 0 spiro atoms. The fraction of sp³-hybridized carbons (Fsp3) is 0.211. The fourth-order valence-corrected chi connectivity index (χ4v) is 3.41. The summed E-state index contributed by atoms with van der Waals surface area (Å²) >= 11 is 6.09. The van der Waals surface area contributed by atoms with E-state index in [4.69, 9.17) is 20.9 Å². The van der Waals surface area contributed by atoms with Crippen molar-refractivity contribution in [1.29, 1.82) is 0 Å². The van der Waals surface area contributed by atoms with Crippen molar-refractivity contribution < 1.29 is 18.4 Å². The van der Waals surface area contributed by atoms with E-state index in [-0.39, 0.29) is 23.3 Å². The summed E-state index contributed by atoms with van der Waals surface area (Å²) in [5, 5.41) is 4.22. The van der Waals surface area contributed by atoms with Crippen molar-refractivity contribution in [2.24, 2.45) is 0 Å². The van der Waals surface area contributed by atoms with Crippen LogP contribution >= 0.6 is 11.6 Å². The molecule has 0 radical (unpaired) electrons. The maximum Gasteiger partial charge on any atom is 0.261 e. The minimum absolute atomic E-state index is 0.128. The zero-order valence-electron chi connectivity index (χ0n) is 14.4. The van der Waals surface area contributed by atoms with Gasteiger partial charge in [-0.05, 0) is 30.3 Å². The number of hydrogen-bond acceptors (Lipinski definition) is 5. The largest absolute Gasteiger partial charge is 0.496 e. The second-order valence-electron chi connectivity index (χ2n) is 6.16. The lowest BCUT2D eigenvalue weighted by molar-refractivity contribution is -0.117. The summed E-state index contributed by atoms with van der Waals surface area (Å²) in [6, 6.07) is 11.3. The van der Waals surface area contributed by atoms with Gasteiger partial charge < -0.3 is 14.2 Å². The molecule has 0 N–H and O–H groups in total. The monoisotopic (exact) mass is 387 g/mol. The molecule has 1 aliphatic heterocycles. The number of methoxy groups -OCH3 is 1. The van der Waals surface area contributed by atoms with Crippen LogP contribution in [0.2, 0.25) is 5.02 Å². The van der Waals surface area contributed by atoms with Crippen LogP contribution in [0.15, 0.2) is 47.0 Å². The molecule has 4 rings (SSSR count). The Morgan fingerprint density at radius 2 is 2.11 bits per heavy atom. The summed E-state index contributed by atoms with van der Waals surface area (Å²) < 4.78 is 24.0. The summed E-state index contributed by atoms with van der Waals surface area (Å²) in [6.07, 6.45) is 0.221. The molecule has 1 saturated heterocycles. The number of carbonyl (C=O) groups is 1. The molecule has 0 bridgehead atoms. The summed E-state index contributed by atoms with van der Waals surface area (Å²) in [7, 11) is 1.57. The van der Waals surface area contributed by atoms with Crippen LogP contribution in [-0.4, -0.2) is 29.7 Å². The number of rotatable bonds is 4. The van der Waals surface area contributed by atoms with Gasteiger partial charge in [0, 0.05) is 18.9 Å². The Labute approximate surface area is 159 Å². The van der Waals surface area contributed by atoms with Gasteiger partial charge in [-0.2, -0.15) is 4.98 Å². The lowest BCUT2D eigenvalue weighted by Gasteiger charge is -2.17. The summed E-state index contributed by atoms with van der Waals surface area (Å²) in [5.74, 6) is 0.558. The number of aromatic nitrogens is 2. The van der Waals surface area contributed by atoms with Crippen molar-refractivity contribution in [2.75, 3.05) is 18.6 Å². The zero-order valence-corrected chi connectivity index (χ0v) is 15.1. The average Bonchev–Trinajstić information content (AvgIpc) is 3.29. The lowest BCUT2D eigenvalue weighted by atomic mass is 10.1. The van der Waals surface area contributed by atoms with Crippen molar-refractivity contribution in [3.63, 3.8) is 0 Å². The zero-order chi connectivity index (χ0) is 19.0. The van der Waals surface area contributed by atoms with Crippen LogP contribution in [0.3, 0.4) is 0 Å². The highest BCUT2D eigenvalue weighted by Gasteiger charge is 2.35. The van der Waals surface area contributed by atoms with Gasteiger partial charge in [0.15, 0.2) is 5.82 Å². The molecule has 8 heteroatoms. The van der Waals surface area contributed by atoms with Crippen molar-refractivity contribution in [3.8, 4) is 17.2 Å². The number of nitrogens with zero attached hydrogens (tertiary/aromatic N) is 3. The third-order valence-corrected chi connectivity index (χ3v) is 4.77. The molecule has 1 amide bonds. The van der Waals surface area contributed by atoms with E-state index < -0.39 is 5.82 Å². The number of ether oxygens (including phenoxy) is 1.